The van der Waals surface area contributed by atoms with Gasteiger partial charge in [0, 0.05) is 19.7 Å². The highest BCUT2D eigenvalue weighted by Gasteiger charge is 2.23. The number of aliphatic imine (C=N–C) groups is 1. The minimum atomic E-state index is 0. The maximum Gasteiger partial charge on any atom is 0.191 e. The number of benzene rings is 1. The molecule has 7 heteroatoms. The van der Waals surface area contributed by atoms with E-state index in [9.17, 15) is 0 Å². The number of rotatable bonds is 11. The standard InChI is InChI=1S/C22H38N4O2.HI/c1-5-23-22(24-13-8-16-28-18(2)3)25-17-21(26-14-6-7-15-26)19-9-11-20(27-4)12-10-19;/h9-12,18,21H,5-8,13-17H2,1-4H3,(H2,23,24,25);1H. The quantitative estimate of drug-likeness (QED) is 0.202. The average molecular weight is 518 g/mol. The van der Waals surface area contributed by atoms with Crippen LogP contribution in [0, 0.1) is 0 Å². The minimum Gasteiger partial charge on any atom is -0.497 e. The Bertz CT molecular complexity index is 575. The smallest absolute Gasteiger partial charge is 0.191 e. The van der Waals surface area contributed by atoms with Crippen LogP contribution in [0.1, 0.15) is 51.6 Å². The Hall–Kier alpha value is -1.06. The number of likely N-dealkylation sites (tertiary alicyclic amines) is 1. The van der Waals surface area contributed by atoms with Crippen molar-refractivity contribution < 1.29 is 9.47 Å². The first kappa shape index (κ1) is 26.0. The summed E-state index contributed by atoms with van der Waals surface area (Å²) >= 11 is 0. The van der Waals surface area contributed by atoms with Gasteiger partial charge in [-0.2, -0.15) is 0 Å². The molecule has 1 fully saturated rings. The Morgan fingerprint density at radius 3 is 2.41 bits per heavy atom. The molecule has 1 aliphatic rings. The fourth-order valence-corrected chi connectivity index (χ4v) is 3.43. The summed E-state index contributed by atoms with van der Waals surface area (Å²) in [7, 11) is 1.71. The van der Waals surface area contributed by atoms with Crippen LogP contribution in [-0.4, -0.2) is 63.4 Å². The summed E-state index contributed by atoms with van der Waals surface area (Å²) in [6, 6.07) is 8.72. The van der Waals surface area contributed by atoms with Crippen LogP contribution in [0.5, 0.6) is 5.75 Å². The zero-order valence-electron chi connectivity index (χ0n) is 18.4. The van der Waals surface area contributed by atoms with Gasteiger partial charge in [-0.15, -0.1) is 24.0 Å². The second-order valence-corrected chi connectivity index (χ2v) is 7.45. The molecule has 6 nitrogen and oxygen atoms in total. The van der Waals surface area contributed by atoms with Crippen molar-refractivity contribution in [1.82, 2.24) is 15.5 Å². The molecule has 0 aliphatic carbocycles. The van der Waals surface area contributed by atoms with Gasteiger partial charge in [0.2, 0.25) is 0 Å². The van der Waals surface area contributed by atoms with Crippen molar-refractivity contribution in [2.24, 2.45) is 4.99 Å². The predicted octanol–water partition coefficient (Wildman–Crippen LogP) is 3.82. The second kappa shape index (κ2) is 14.8. The zero-order valence-corrected chi connectivity index (χ0v) is 20.8. The molecule has 0 amide bonds. The summed E-state index contributed by atoms with van der Waals surface area (Å²) in [6.45, 7) is 11.7. The summed E-state index contributed by atoms with van der Waals surface area (Å²) in [5.74, 6) is 1.77. The third-order valence-electron chi connectivity index (χ3n) is 4.91. The van der Waals surface area contributed by atoms with Crippen LogP contribution in [0.4, 0.5) is 0 Å². The highest BCUT2D eigenvalue weighted by molar-refractivity contribution is 14.0. The molecular formula is C22H39IN4O2. The zero-order chi connectivity index (χ0) is 20.2. The van der Waals surface area contributed by atoms with E-state index >= 15 is 0 Å². The van der Waals surface area contributed by atoms with Gasteiger partial charge < -0.3 is 20.1 Å². The van der Waals surface area contributed by atoms with Gasteiger partial charge in [-0.3, -0.25) is 9.89 Å². The van der Waals surface area contributed by atoms with Crippen LogP contribution >= 0.6 is 24.0 Å². The Morgan fingerprint density at radius 1 is 1.14 bits per heavy atom. The van der Waals surface area contributed by atoms with E-state index in [1.165, 1.54) is 18.4 Å². The molecule has 1 aliphatic heterocycles. The number of hydrogen-bond acceptors (Lipinski definition) is 4. The number of methoxy groups -OCH3 is 1. The van der Waals surface area contributed by atoms with Gasteiger partial charge in [0.05, 0.1) is 25.8 Å². The van der Waals surface area contributed by atoms with Crippen molar-refractivity contribution in [2.45, 2.75) is 52.2 Å². The van der Waals surface area contributed by atoms with E-state index in [4.69, 9.17) is 14.5 Å². The van der Waals surface area contributed by atoms with E-state index in [-0.39, 0.29) is 30.1 Å². The van der Waals surface area contributed by atoms with Crippen LogP contribution < -0.4 is 15.4 Å². The molecule has 1 heterocycles. The number of guanidine groups is 1. The lowest BCUT2D eigenvalue weighted by atomic mass is 10.1. The molecule has 0 saturated carbocycles. The summed E-state index contributed by atoms with van der Waals surface area (Å²) in [4.78, 5) is 7.44. The largest absolute Gasteiger partial charge is 0.497 e. The molecule has 1 aromatic rings. The topological polar surface area (TPSA) is 58.1 Å². The van der Waals surface area contributed by atoms with Crippen molar-refractivity contribution in [3.05, 3.63) is 29.8 Å². The van der Waals surface area contributed by atoms with Gasteiger partial charge in [0.25, 0.3) is 0 Å². The van der Waals surface area contributed by atoms with Gasteiger partial charge in [-0.05, 0) is 70.8 Å². The Balaban J connectivity index is 0.00000420. The Labute approximate surface area is 193 Å². The predicted molar refractivity (Wildman–Crippen MR) is 132 cm³/mol. The summed E-state index contributed by atoms with van der Waals surface area (Å²) in [5, 5.41) is 6.79. The number of ether oxygens (including phenoxy) is 2. The number of halogens is 1. The van der Waals surface area contributed by atoms with E-state index in [0.717, 1.165) is 57.5 Å². The highest BCUT2D eigenvalue weighted by atomic mass is 127. The molecule has 0 radical (unpaired) electrons. The first-order valence-electron chi connectivity index (χ1n) is 10.7. The van der Waals surface area contributed by atoms with Gasteiger partial charge in [-0.25, -0.2) is 0 Å². The van der Waals surface area contributed by atoms with Crippen molar-refractivity contribution in [2.75, 3.05) is 46.4 Å². The molecule has 1 aromatic carbocycles. The molecule has 2 N–H and O–H groups in total. The maximum absolute atomic E-state index is 5.61. The molecule has 1 saturated heterocycles. The van der Waals surface area contributed by atoms with Gasteiger partial charge >= 0.3 is 0 Å². The lowest BCUT2D eigenvalue weighted by Gasteiger charge is -2.27. The molecular weight excluding hydrogens is 479 g/mol. The van der Waals surface area contributed by atoms with Crippen molar-refractivity contribution >= 4 is 29.9 Å². The molecule has 1 unspecified atom stereocenters. The molecule has 166 valence electrons. The van der Waals surface area contributed by atoms with Crippen LogP contribution in [-0.2, 0) is 4.74 Å². The monoisotopic (exact) mass is 518 g/mol. The third kappa shape index (κ3) is 9.53. The second-order valence-electron chi connectivity index (χ2n) is 7.45. The van der Waals surface area contributed by atoms with E-state index < -0.39 is 0 Å². The molecule has 0 spiro atoms. The van der Waals surface area contributed by atoms with Crippen LogP contribution in [0.3, 0.4) is 0 Å². The fourth-order valence-electron chi connectivity index (χ4n) is 3.43. The summed E-state index contributed by atoms with van der Waals surface area (Å²) < 4.78 is 10.9. The summed E-state index contributed by atoms with van der Waals surface area (Å²) in [5.41, 5.74) is 1.30. The van der Waals surface area contributed by atoms with E-state index in [0.29, 0.717) is 6.04 Å². The molecule has 0 bridgehead atoms. The minimum absolute atomic E-state index is 0. The van der Waals surface area contributed by atoms with Crippen molar-refractivity contribution in [3.8, 4) is 5.75 Å². The highest BCUT2D eigenvalue weighted by Crippen LogP contribution is 2.27. The fraction of sp³-hybridized carbons (Fsp3) is 0.682. The number of nitrogens with one attached hydrogen (secondary N) is 2. The van der Waals surface area contributed by atoms with Crippen LogP contribution in [0.15, 0.2) is 29.3 Å². The van der Waals surface area contributed by atoms with Crippen LogP contribution in [0.25, 0.3) is 0 Å². The molecule has 29 heavy (non-hydrogen) atoms. The lowest BCUT2D eigenvalue weighted by Crippen LogP contribution is -2.39. The van der Waals surface area contributed by atoms with Gasteiger partial charge in [0.15, 0.2) is 5.96 Å². The maximum atomic E-state index is 5.61. The number of hydrogen-bond donors (Lipinski definition) is 2. The van der Waals surface area contributed by atoms with Crippen molar-refractivity contribution in [3.63, 3.8) is 0 Å². The lowest BCUT2D eigenvalue weighted by molar-refractivity contribution is 0.0776. The first-order valence-corrected chi connectivity index (χ1v) is 10.7. The van der Waals surface area contributed by atoms with E-state index in [1.54, 1.807) is 7.11 Å². The van der Waals surface area contributed by atoms with Crippen LogP contribution in [0.2, 0.25) is 0 Å². The van der Waals surface area contributed by atoms with Gasteiger partial charge in [0.1, 0.15) is 5.75 Å². The molecule has 0 aromatic heterocycles. The molecule has 2 rings (SSSR count). The normalized spacial score (nSPS) is 15.8. The average Bonchev–Trinajstić information content (AvgIpc) is 3.22. The Morgan fingerprint density at radius 2 is 1.83 bits per heavy atom. The summed E-state index contributed by atoms with van der Waals surface area (Å²) in [6.07, 6.45) is 3.79. The first-order chi connectivity index (χ1) is 13.6. The molecule has 1 atom stereocenters. The van der Waals surface area contributed by atoms with E-state index in [1.807, 2.05) is 12.1 Å². The Kier molecular flexibility index (Phi) is 13.3. The number of nitrogens with zero attached hydrogens (tertiary/aromatic N) is 2. The van der Waals surface area contributed by atoms with Gasteiger partial charge in [-0.1, -0.05) is 12.1 Å². The van der Waals surface area contributed by atoms with E-state index in [2.05, 4.69) is 48.4 Å². The van der Waals surface area contributed by atoms with Crippen molar-refractivity contribution in [1.29, 1.82) is 0 Å². The third-order valence-corrected chi connectivity index (χ3v) is 4.91. The SMILES string of the molecule is CCNC(=NCC(c1ccc(OC)cc1)N1CCCC1)NCCCOC(C)C.I.